The summed E-state index contributed by atoms with van der Waals surface area (Å²) in [7, 11) is 3.28. The van der Waals surface area contributed by atoms with E-state index in [2.05, 4.69) is 11.9 Å². The molecule has 2 heterocycles. The Morgan fingerprint density at radius 1 is 1.52 bits per heavy atom. The monoisotopic (exact) mass is 326 g/mol. The van der Waals surface area contributed by atoms with Gasteiger partial charge in [0.1, 0.15) is 5.03 Å². The molecule has 1 amide bonds. The molecular formula is C14H18N2O3S2. The van der Waals surface area contributed by atoms with Crippen LogP contribution in [0.1, 0.15) is 32.6 Å². The van der Waals surface area contributed by atoms with E-state index in [1.165, 1.54) is 5.06 Å². The number of hydrogen-bond acceptors (Lipinski definition) is 6. The van der Waals surface area contributed by atoms with Gasteiger partial charge in [-0.2, -0.15) is 5.06 Å². The summed E-state index contributed by atoms with van der Waals surface area (Å²) < 4.78 is 0. The van der Waals surface area contributed by atoms with Crippen molar-refractivity contribution in [1.29, 1.82) is 0 Å². The average molecular weight is 326 g/mol. The smallest absolute Gasteiger partial charge is 0.332 e. The normalized spacial score (nSPS) is 16.0. The number of aromatic nitrogens is 1. The van der Waals surface area contributed by atoms with Gasteiger partial charge in [-0.25, -0.2) is 9.78 Å². The Morgan fingerprint density at radius 2 is 2.38 bits per heavy atom. The number of carbonyl (C=O) groups excluding carboxylic acids is 2. The van der Waals surface area contributed by atoms with Crippen molar-refractivity contribution in [3.8, 4) is 0 Å². The van der Waals surface area contributed by atoms with Gasteiger partial charge in [0.25, 0.3) is 5.91 Å². The van der Waals surface area contributed by atoms with Crippen LogP contribution in [-0.2, 0) is 14.4 Å². The molecule has 0 saturated carbocycles. The number of pyridine rings is 1. The summed E-state index contributed by atoms with van der Waals surface area (Å²) in [5.41, 5.74) is 0. The Labute approximate surface area is 132 Å². The molecule has 0 aliphatic carbocycles. The van der Waals surface area contributed by atoms with Gasteiger partial charge in [0.2, 0.25) is 0 Å². The van der Waals surface area contributed by atoms with E-state index in [-0.39, 0.29) is 11.9 Å². The quantitative estimate of drug-likeness (QED) is 0.718. The molecule has 0 N–H and O–H groups in total. The van der Waals surface area contributed by atoms with Crippen LogP contribution in [0.2, 0.25) is 0 Å². The maximum absolute atomic E-state index is 11.7. The fourth-order valence-electron chi connectivity index (χ4n) is 1.79. The summed E-state index contributed by atoms with van der Waals surface area (Å²) in [6.07, 6.45) is 4.03. The Kier molecular flexibility index (Phi) is 6.38. The lowest BCUT2D eigenvalue weighted by Crippen LogP contribution is -2.28. The van der Waals surface area contributed by atoms with Gasteiger partial charge in [0.05, 0.1) is 6.54 Å². The van der Waals surface area contributed by atoms with Crippen LogP contribution in [0.15, 0.2) is 29.4 Å². The van der Waals surface area contributed by atoms with Crippen LogP contribution in [0.3, 0.4) is 0 Å². The van der Waals surface area contributed by atoms with E-state index in [0.717, 1.165) is 11.4 Å². The summed E-state index contributed by atoms with van der Waals surface area (Å²) in [5.74, 6) is -0.433. The van der Waals surface area contributed by atoms with Gasteiger partial charge in [-0.05, 0) is 35.8 Å². The molecule has 0 bridgehead atoms. The molecular weight excluding hydrogens is 308 g/mol. The van der Waals surface area contributed by atoms with Gasteiger partial charge in [-0.1, -0.05) is 23.8 Å². The highest BCUT2D eigenvalue weighted by molar-refractivity contribution is 8.76. The first-order valence-corrected chi connectivity index (χ1v) is 9.12. The van der Waals surface area contributed by atoms with Crippen LogP contribution < -0.4 is 0 Å². The van der Waals surface area contributed by atoms with E-state index >= 15 is 0 Å². The zero-order chi connectivity index (χ0) is 15.1. The third-order valence-electron chi connectivity index (χ3n) is 2.93. The number of rotatable bonds is 7. The Morgan fingerprint density at radius 3 is 3.05 bits per heavy atom. The second kappa shape index (κ2) is 8.29. The molecule has 1 saturated heterocycles. The van der Waals surface area contributed by atoms with Gasteiger partial charge in [0.15, 0.2) is 0 Å². The molecule has 2 rings (SSSR count). The van der Waals surface area contributed by atoms with Gasteiger partial charge in [-0.3, -0.25) is 4.79 Å². The Hall–Kier alpha value is -1.21. The molecule has 1 aliphatic rings. The first-order chi connectivity index (χ1) is 10.1. The minimum Gasteiger partial charge on any atom is -0.338 e. The maximum Gasteiger partial charge on any atom is 0.332 e. The second-order valence-corrected chi connectivity index (χ2v) is 7.42. The average Bonchev–Trinajstić information content (AvgIpc) is 2.89. The van der Waals surface area contributed by atoms with Crippen molar-refractivity contribution < 1.29 is 14.4 Å². The van der Waals surface area contributed by atoms with Gasteiger partial charge < -0.3 is 4.84 Å². The van der Waals surface area contributed by atoms with Crippen molar-refractivity contribution in [2.45, 2.75) is 42.9 Å². The third-order valence-corrected chi connectivity index (χ3v) is 5.79. The van der Waals surface area contributed by atoms with Crippen molar-refractivity contribution in [2.24, 2.45) is 0 Å². The minimum absolute atomic E-state index is 0.100. The molecule has 1 atom stereocenters. The van der Waals surface area contributed by atoms with E-state index in [1.807, 2.05) is 18.2 Å². The molecule has 1 aromatic heterocycles. The molecule has 7 heteroatoms. The lowest BCUT2D eigenvalue weighted by Gasteiger charge is -2.15. The molecule has 0 aromatic carbocycles. The fourth-order valence-corrected chi connectivity index (χ4v) is 3.87. The summed E-state index contributed by atoms with van der Waals surface area (Å²) in [5, 5.41) is 2.45. The molecule has 114 valence electrons. The first-order valence-electron chi connectivity index (χ1n) is 6.90. The van der Waals surface area contributed by atoms with Gasteiger partial charge in [-0.15, -0.1) is 0 Å². The van der Waals surface area contributed by atoms with E-state index < -0.39 is 0 Å². The topological polar surface area (TPSA) is 59.5 Å². The molecule has 0 spiro atoms. The lowest BCUT2D eigenvalue weighted by atomic mass is 10.2. The highest BCUT2D eigenvalue weighted by atomic mass is 33.1. The Balaban J connectivity index is 1.63. The number of hydroxylamine groups is 2. The van der Waals surface area contributed by atoms with Crippen LogP contribution in [0.5, 0.6) is 0 Å². The summed E-state index contributed by atoms with van der Waals surface area (Å²) in [6, 6.07) is 5.79. The minimum atomic E-state index is -0.333. The molecule has 1 aliphatic heterocycles. The number of amides is 1. The van der Waals surface area contributed by atoms with E-state index in [1.54, 1.807) is 27.8 Å². The molecule has 0 radical (unpaired) electrons. The maximum atomic E-state index is 11.7. The van der Waals surface area contributed by atoms with E-state index in [0.29, 0.717) is 31.1 Å². The summed E-state index contributed by atoms with van der Waals surface area (Å²) in [6.45, 7) is 2.58. The molecule has 1 aromatic rings. The van der Waals surface area contributed by atoms with E-state index in [9.17, 15) is 9.59 Å². The predicted molar refractivity (Wildman–Crippen MR) is 83.4 cm³/mol. The van der Waals surface area contributed by atoms with Crippen molar-refractivity contribution in [1.82, 2.24) is 10.0 Å². The van der Waals surface area contributed by atoms with Crippen molar-refractivity contribution in [2.75, 3.05) is 6.54 Å². The van der Waals surface area contributed by atoms with Crippen molar-refractivity contribution in [3.63, 3.8) is 0 Å². The molecule has 1 unspecified atom stereocenters. The van der Waals surface area contributed by atoms with Crippen LogP contribution in [0.25, 0.3) is 0 Å². The number of nitrogens with zero attached hydrogens (tertiary/aromatic N) is 2. The molecule has 21 heavy (non-hydrogen) atoms. The summed E-state index contributed by atoms with van der Waals surface area (Å²) >= 11 is 0. The lowest BCUT2D eigenvalue weighted by molar-refractivity contribution is -0.192. The SMILES string of the molecule is CC(CCC(=O)ON1CCCC1=O)SSc1ccccn1. The first kappa shape index (κ1) is 16.2. The number of hydrogen-bond donors (Lipinski definition) is 0. The van der Waals surface area contributed by atoms with Crippen LogP contribution in [-0.4, -0.2) is 33.7 Å². The predicted octanol–water partition coefficient (Wildman–Crippen LogP) is 3.07. The van der Waals surface area contributed by atoms with E-state index in [4.69, 9.17) is 4.84 Å². The highest BCUT2D eigenvalue weighted by Gasteiger charge is 2.24. The van der Waals surface area contributed by atoms with Gasteiger partial charge >= 0.3 is 5.97 Å². The fraction of sp³-hybridized carbons (Fsp3) is 0.500. The summed E-state index contributed by atoms with van der Waals surface area (Å²) in [4.78, 5) is 32.3. The third kappa shape index (κ3) is 5.59. The van der Waals surface area contributed by atoms with Crippen LogP contribution in [0.4, 0.5) is 0 Å². The van der Waals surface area contributed by atoms with Crippen LogP contribution >= 0.6 is 21.6 Å². The number of carbonyl (C=O) groups is 2. The largest absolute Gasteiger partial charge is 0.338 e. The zero-order valence-electron chi connectivity index (χ0n) is 11.9. The second-order valence-electron chi connectivity index (χ2n) is 4.76. The highest BCUT2D eigenvalue weighted by Crippen LogP contribution is 2.34. The van der Waals surface area contributed by atoms with Crippen LogP contribution in [0, 0.1) is 0 Å². The van der Waals surface area contributed by atoms with Crippen molar-refractivity contribution >= 4 is 33.5 Å². The zero-order valence-corrected chi connectivity index (χ0v) is 13.5. The Bertz CT molecular complexity index is 484. The van der Waals surface area contributed by atoms with Gasteiger partial charge in [0, 0.05) is 24.3 Å². The molecule has 1 fully saturated rings. The molecule has 5 nitrogen and oxygen atoms in total. The van der Waals surface area contributed by atoms with Crippen molar-refractivity contribution in [3.05, 3.63) is 24.4 Å². The standard InChI is InChI=1S/C14H18N2O3S2/c1-11(20-21-12-5-2-3-9-15-12)7-8-14(18)19-16-10-4-6-13(16)17/h2-3,5,9,11H,4,6-8,10H2,1H3.